The zero-order valence-corrected chi connectivity index (χ0v) is 18.9. The quantitative estimate of drug-likeness (QED) is 0.760. The fourth-order valence-electron chi connectivity index (χ4n) is 4.95. The van der Waals surface area contributed by atoms with Gasteiger partial charge in [-0.1, -0.05) is 42.5 Å². The summed E-state index contributed by atoms with van der Waals surface area (Å²) in [7, 11) is -3.55. The van der Waals surface area contributed by atoms with E-state index >= 15 is 4.39 Å². The SMILES string of the molecule is C[C@@H]1NC[C@@H](c2ccccc2)S(=O)(=O)C1Cc1ccc(C2(C#N)CCC(=O)CC2)cc1F. The van der Waals surface area contributed by atoms with Crippen LogP contribution in [0.4, 0.5) is 4.39 Å². The Hall–Kier alpha value is -2.56. The third-order valence-corrected chi connectivity index (χ3v) is 9.73. The van der Waals surface area contributed by atoms with Gasteiger partial charge in [-0.15, -0.1) is 0 Å². The molecule has 1 saturated heterocycles. The van der Waals surface area contributed by atoms with Crippen molar-refractivity contribution in [2.45, 2.75) is 61.0 Å². The van der Waals surface area contributed by atoms with E-state index in [1.165, 1.54) is 6.07 Å². The van der Waals surface area contributed by atoms with Crippen LogP contribution in [0.5, 0.6) is 0 Å². The van der Waals surface area contributed by atoms with Crippen LogP contribution in [-0.2, 0) is 26.5 Å². The average molecular weight is 455 g/mol. The van der Waals surface area contributed by atoms with Gasteiger partial charge in [-0.05, 0) is 48.9 Å². The molecule has 1 N–H and O–H groups in total. The standard InChI is InChI=1S/C25H27FN2O3S/c1-17-23(32(30,31)24(15-28-17)18-5-3-2-4-6-18)13-19-7-8-20(14-22(19)26)25(16-27)11-9-21(29)10-12-25/h2-8,14,17,23-24,28H,9-13,15H2,1H3/t17-,23?,24-/m0/s1. The zero-order valence-electron chi connectivity index (χ0n) is 18.1. The number of benzene rings is 2. The van der Waals surface area contributed by atoms with Crippen molar-refractivity contribution in [3.63, 3.8) is 0 Å². The normalized spacial score (nSPS) is 26.9. The summed E-state index contributed by atoms with van der Waals surface area (Å²) in [5.74, 6) is -0.372. The molecule has 1 aliphatic carbocycles. The van der Waals surface area contributed by atoms with E-state index in [1.54, 1.807) is 12.1 Å². The minimum atomic E-state index is -3.55. The lowest BCUT2D eigenvalue weighted by Gasteiger charge is -2.36. The van der Waals surface area contributed by atoms with Crippen LogP contribution in [0.15, 0.2) is 48.5 Å². The van der Waals surface area contributed by atoms with Crippen molar-refractivity contribution >= 4 is 15.6 Å². The van der Waals surface area contributed by atoms with E-state index in [1.807, 2.05) is 37.3 Å². The summed E-state index contributed by atoms with van der Waals surface area (Å²) in [4.78, 5) is 11.6. The number of ketones is 1. The molecule has 2 aromatic rings. The molecule has 4 rings (SSSR count). The largest absolute Gasteiger partial charge is 0.311 e. The highest BCUT2D eigenvalue weighted by Crippen LogP contribution is 2.39. The molecular formula is C25H27FN2O3S. The molecule has 1 saturated carbocycles. The number of hydrogen-bond donors (Lipinski definition) is 1. The van der Waals surface area contributed by atoms with Crippen molar-refractivity contribution in [2.24, 2.45) is 0 Å². The highest BCUT2D eigenvalue weighted by atomic mass is 32.2. The maximum absolute atomic E-state index is 15.2. The smallest absolute Gasteiger partial charge is 0.163 e. The summed E-state index contributed by atoms with van der Waals surface area (Å²) in [6.07, 6.45) is 1.47. The van der Waals surface area contributed by atoms with Crippen molar-refractivity contribution in [3.05, 3.63) is 71.0 Å². The first kappa shape index (κ1) is 22.6. The van der Waals surface area contributed by atoms with Gasteiger partial charge in [0.2, 0.25) is 0 Å². The number of hydrogen-bond acceptors (Lipinski definition) is 5. The predicted molar refractivity (Wildman–Crippen MR) is 120 cm³/mol. The average Bonchev–Trinajstić information content (AvgIpc) is 2.79. The van der Waals surface area contributed by atoms with Gasteiger partial charge in [-0.25, -0.2) is 12.8 Å². The van der Waals surface area contributed by atoms with Crippen LogP contribution in [0, 0.1) is 17.1 Å². The minimum Gasteiger partial charge on any atom is -0.311 e. The van der Waals surface area contributed by atoms with Crippen LogP contribution in [-0.4, -0.2) is 32.0 Å². The van der Waals surface area contributed by atoms with Crippen LogP contribution in [0.2, 0.25) is 0 Å². The first-order chi connectivity index (χ1) is 15.3. The predicted octanol–water partition coefficient (Wildman–Crippen LogP) is 3.79. The minimum absolute atomic E-state index is 0.0595. The molecular weight excluding hydrogens is 427 g/mol. The Morgan fingerprint density at radius 1 is 1.16 bits per heavy atom. The van der Waals surface area contributed by atoms with Crippen molar-refractivity contribution in [2.75, 3.05) is 6.54 Å². The van der Waals surface area contributed by atoms with Crippen molar-refractivity contribution < 1.29 is 17.6 Å². The molecule has 168 valence electrons. The number of Topliss-reactive ketones (excluding diaryl/α,β-unsaturated/α-hetero) is 1. The zero-order chi connectivity index (χ0) is 22.9. The Labute approximate surface area is 188 Å². The van der Waals surface area contributed by atoms with Gasteiger partial charge in [0, 0.05) is 25.4 Å². The van der Waals surface area contributed by atoms with Gasteiger partial charge < -0.3 is 5.32 Å². The lowest BCUT2D eigenvalue weighted by molar-refractivity contribution is -0.120. The summed E-state index contributed by atoms with van der Waals surface area (Å²) in [6.45, 7) is 2.15. The number of nitrogens with zero attached hydrogens (tertiary/aromatic N) is 1. The molecule has 1 aliphatic heterocycles. The van der Waals surface area contributed by atoms with E-state index in [-0.39, 0.29) is 18.2 Å². The van der Waals surface area contributed by atoms with E-state index in [2.05, 4.69) is 11.4 Å². The van der Waals surface area contributed by atoms with Crippen LogP contribution in [0.25, 0.3) is 0 Å². The summed E-state index contributed by atoms with van der Waals surface area (Å²) in [5.41, 5.74) is 0.756. The molecule has 7 heteroatoms. The van der Waals surface area contributed by atoms with Crippen LogP contribution in [0.1, 0.15) is 54.5 Å². The lowest BCUT2D eigenvalue weighted by Crippen LogP contribution is -2.53. The van der Waals surface area contributed by atoms with E-state index in [4.69, 9.17) is 0 Å². The number of nitrogens with one attached hydrogen (secondary N) is 1. The second-order valence-electron chi connectivity index (χ2n) is 8.97. The molecule has 1 unspecified atom stereocenters. The molecule has 5 nitrogen and oxygen atoms in total. The fourth-order valence-corrected chi connectivity index (χ4v) is 7.32. The first-order valence-corrected chi connectivity index (χ1v) is 12.6. The molecule has 32 heavy (non-hydrogen) atoms. The summed E-state index contributed by atoms with van der Waals surface area (Å²) in [6, 6.07) is 15.8. The fraction of sp³-hybridized carbons (Fsp3) is 0.440. The molecule has 0 amide bonds. The Morgan fingerprint density at radius 3 is 2.47 bits per heavy atom. The maximum atomic E-state index is 15.2. The summed E-state index contributed by atoms with van der Waals surface area (Å²) >= 11 is 0. The Balaban J connectivity index is 1.61. The third-order valence-electron chi connectivity index (χ3n) is 7.07. The van der Waals surface area contributed by atoms with Gasteiger partial charge in [0.25, 0.3) is 0 Å². The van der Waals surface area contributed by atoms with E-state index in [9.17, 15) is 18.5 Å². The van der Waals surface area contributed by atoms with Crippen LogP contribution >= 0.6 is 0 Å². The number of carbonyl (C=O) groups is 1. The molecule has 2 aliphatic rings. The van der Waals surface area contributed by atoms with Crippen molar-refractivity contribution in [3.8, 4) is 6.07 Å². The molecule has 1 heterocycles. The molecule has 0 spiro atoms. The molecule has 0 aromatic heterocycles. The Bertz CT molecular complexity index is 1150. The van der Waals surface area contributed by atoms with Gasteiger partial charge in [-0.3, -0.25) is 4.79 Å². The molecule has 3 atom stereocenters. The maximum Gasteiger partial charge on any atom is 0.163 e. The number of rotatable bonds is 4. The molecule has 0 bridgehead atoms. The Kier molecular flexibility index (Phi) is 6.19. The molecule has 0 radical (unpaired) electrons. The molecule has 2 aromatic carbocycles. The monoisotopic (exact) mass is 454 g/mol. The topological polar surface area (TPSA) is 87.0 Å². The summed E-state index contributed by atoms with van der Waals surface area (Å²) in [5, 5.41) is 11.6. The van der Waals surface area contributed by atoms with Gasteiger partial charge in [0.1, 0.15) is 11.6 Å². The van der Waals surface area contributed by atoms with Gasteiger partial charge in [-0.2, -0.15) is 5.26 Å². The van der Waals surface area contributed by atoms with E-state index in [0.717, 1.165) is 5.56 Å². The number of halogens is 1. The summed E-state index contributed by atoms with van der Waals surface area (Å²) < 4.78 is 42.0. The number of carbonyl (C=O) groups excluding carboxylic acids is 1. The van der Waals surface area contributed by atoms with Crippen LogP contribution < -0.4 is 5.32 Å². The first-order valence-electron chi connectivity index (χ1n) is 11.0. The number of sulfone groups is 1. The Morgan fingerprint density at radius 2 is 1.84 bits per heavy atom. The number of nitriles is 1. The van der Waals surface area contributed by atoms with Gasteiger partial charge in [0.15, 0.2) is 9.84 Å². The highest BCUT2D eigenvalue weighted by Gasteiger charge is 2.43. The second-order valence-corrected chi connectivity index (χ2v) is 11.3. The lowest BCUT2D eigenvalue weighted by atomic mass is 9.70. The van der Waals surface area contributed by atoms with E-state index in [0.29, 0.717) is 43.4 Å². The van der Waals surface area contributed by atoms with E-state index < -0.39 is 31.6 Å². The second kappa shape index (κ2) is 8.76. The molecule has 2 fully saturated rings. The van der Waals surface area contributed by atoms with Crippen molar-refractivity contribution in [1.29, 1.82) is 5.26 Å². The highest BCUT2D eigenvalue weighted by molar-refractivity contribution is 7.92. The van der Waals surface area contributed by atoms with Gasteiger partial charge in [0.05, 0.1) is 22.0 Å². The van der Waals surface area contributed by atoms with Crippen LogP contribution in [0.3, 0.4) is 0 Å². The third kappa shape index (κ3) is 4.10. The van der Waals surface area contributed by atoms with Gasteiger partial charge >= 0.3 is 0 Å². The van der Waals surface area contributed by atoms with Crippen molar-refractivity contribution in [1.82, 2.24) is 5.32 Å².